The molecule has 1 aromatic carbocycles. The molecule has 1 aromatic heterocycles. The summed E-state index contributed by atoms with van der Waals surface area (Å²) in [7, 11) is 0. The fourth-order valence-electron chi connectivity index (χ4n) is 1.89. The summed E-state index contributed by atoms with van der Waals surface area (Å²) in [6.45, 7) is 1.28. The Balaban J connectivity index is 2.72. The van der Waals surface area contributed by atoms with Gasteiger partial charge in [0.1, 0.15) is 17.1 Å². The molecular formula is C13H8BrF5N2O2. The summed E-state index contributed by atoms with van der Waals surface area (Å²) in [6, 6.07) is 1.19. The van der Waals surface area contributed by atoms with Crippen molar-refractivity contribution in [2.75, 3.05) is 6.61 Å². The number of carbonyl (C=O) groups excluding carboxylic acids is 1. The van der Waals surface area contributed by atoms with E-state index >= 15 is 0 Å². The molecule has 2 rings (SSSR count). The average Bonchev–Trinajstić information content (AvgIpc) is 2.82. The predicted octanol–water partition coefficient (Wildman–Crippen LogP) is 4.11. The predicted molar refractivity (Wildman–Crippen MR) is 72.1 cm³/mol. The largest absolute Gasteiger partial charge is 0.462 e. The first-order valence-corrected chi connectivity index (χ1v) is 6.93. The van der Waals surface area contributed by atoms with Crippen molar-refractivity contribution in [2.24, 2.45) is 0 Å². The molecular weight excluding hydrogens is 391 g/mol. The summed E-state index contributed by atoms with van der Waals surface area (Å²) in [5.74, 6) is -3.50. The normalized spacial score (nSPS) is 11.6. The highest BCUT2D eigenvalue weighted by molar-refractivity contribution is 9.10. The van der Waals surface area contributed by atoms with E-state index in [1.807, 2.05) is 0 Å². The summed E-state index contributed by atoms with van der Waals surface area (Å²) in [4.78, 5) is 11.6. The molecule has 0 saturated heterocycles. The Morgan fingerprint density at radius 3 is 2.52 bits per heavy atom. The smallest absolute Gasteiger partial charge is 0.434 e. The van der Waals surface area contributed by atoms with Crippen LogP contribution in [0.25, 0.3) is 5.69 Å². The third-order valence-corrected chi connectivity index (χ3v) is 3.33. The van der Waals surface area contributed by atoms with Crippen LogP contribution in [-0.4, -0.2) is 22.4 Å². The third kappa shape index (κ3) is 3.36. The minimum absolute atomic E-state index is 0.143. The molecule has 10 heteroatoms. The number of ether oxygens (including phenoxy) is 1. The van der Waals surface area contributed by atoms with Crippen molar-refractivity contribution in [2.45, 2.75) is 13.1 Å². The molecule has 0 radical (unpaired) electrons. The topological polar surface area (TPSA) is 44.1 Å². The molecule has 0 spiro atoms. The monoisotopic (exact) mass is 398 g/mol. The molecule has 0 saturated carbocycles. The molecule has 0 fully saturated rings. The molecule has 1 heterocycles. The Morgan fingerprint density at radius 2 is 2.00 bits per heavy atom. The van der Waals surface area contributed by atoms with Crippen LogP contribution in [0.5, 0.6) is 0 Å². The first-order valence-electron chi connectivity index (χ1n) is 6.14. The van der Waals surface area contributed by atoms with E-state index in [0.717, 1.165) is 6.07 Å². The van der Waals surface area contributed by atoms with Crippen molar-refractivity contribution in [1.29, 1.82) is 0 Å². The van der Waals surface area contributed by atoms with Gasteiger partial charge in [-0.3, -0.25) is 0 Å². The highest BCUT2D eigenvalue weighted by Crippen LogP contribution is 2.36. The molecule has 23 heavy (non-hydrogen) atoms. The number of aromatic nitrogens is 2. The minimum atomic E-state index is -5.02. The van der Waals surface area contributed by atoms with E-state index in [1.54, 1.807) is 0 Å². The van der Waals surface area contributed by atoms with Crippen LogP contribution in [-0.2, 0) is 10.9 Å². The van der Waals surface area contributed by atoms with Crippen molar-refractivity contribution in [3.8, 4) is 5.69 Å². The van der Waals surface area contributed by atoms with Gasteiger partial charge >= 0.3 is 12.1 Å². The summed E-state index contributed by atoms with van der Waals surface area (Å²) < 4.78 is 71.3. The van der Waals surface area contributed by atoms with E-state index in [9.17, 15) is 26.7 Å². The van der Waals surface area contributed by atoms with E-state index in [0.29, 0.717) is 12.3 Å². The zero-order valence-corrected chi connectivity index (χ0v) is 13.0. The van der Waals surface area contributed by atoms with E-state index in [1.165, 1.54) is 6.92 Å². The molecule has 0 unspecified atom stereocenters. The Hall–Kier alpha value is -1.97. The van der Waals surface area contributed by atoms with Crippen LogP contribution in [0.2, 0.25) is 0 Å². The number of halogens is 6. The molecule has 4 nitrogen and oxygen atoms in total. The van der Waals surface area contributed by atoms with Gasteiger partial charge in [-0.2, -0.15) is 18.3 Å². The molecule has 0 amide bonds. The average molecular weight is 399 g/mol. The van der Waals surface area contributed by atoms with Crippen molar-refractivity contribution in [3.63, 3.8) is 0 Å². The SMILES string of the molecule is CCOC(=O)c1cnn(-c2c(F)cc(F)cc2Br)c1C(F)(F)F. The fourth-order valence-corrected chi connectivity index (χ4v) is 2.46. The number of carbonyl (C=O) groups is 1. The maximum atomic E-state index is 13.9. The lowest BCUT2D eigenvalue weighted by atomic mass is 10.2. The van der Waals surface area contributed by atoms with Crippen LogP contribution >= 0.6 is 15.9 Å². The fraction of sp³-hybridized carbons (Fsp3) is 0.231. The lowest BCUT2D eigenvalue weighted by molar-refractivity contribution is -0.143. The van der Waals surface area contributed by atoms with Gasteiger partial charge < -0.3 is 4.74 Å². The number of hydrogen-bond acceptors (Lipinski definition) is 3. The van der Waals surface area contributed by atoms with Crippen LogP contribution in [0.4, 0.5) is 22.0 Å². The first-order chi connectivity index (χ1) is 10.7. The van der Waals surface area contributed by atoms with E-state index < -0.39 is 40.7 Å². The van der Waals surface area contributed by atoms with Crippen molar-refractivity contribution in [1.82, 2.24) is 9.78 Å². The molecule has 124 valence electrons. The van der Waals surface area contributed by atoms with Gasteiger partial charge in [0.25, 0.3) is 0 Å². The number of benzene rings is 1. The lowest BCUT2D eigenvalue weighted by Gasteiger charge is -2.14. The Kier molecular flexibility index (Phi) is 4.73. The summed E-state index contributed by atoms with van der Waals surface area (Å²) in [5.41, 5.74) is -3.05. The quantitative estimate of drug-likeness (QED) is 0.577. The molecule has 2 aromatic rings. The number of alkyl halides is 3. The highest BCUT2D eigenvalue weighted by atomic mass is 79.9. The Morgan fingerprint density at radius 1 is 1.35 bits per heavy atom. The van der Waals surface area contributed by atoms with Gasteiger partial charge in [0.05, 0.1) is 12.8 Å². The van der Waals surface area contributed by atoms with E-state index in [-0.39, 0.29) is 15.8 Å². The van der Waals surface area contributed by atoms with Gasteiger partial charge in [-0.15, -0.1) is 0 Å². The van der Waals surface area contributed by atoms with Crippen LogP contribution in [0.15, 0.2) is 22.8 Å². The van der Waals surface area contributed by atoms with Crippen molar-refractivity contribution >= 4 is 21.9 Å². The third-order valence-electron chi connectivity index (χ3n) is 2.73. The van der Waals surface area contributed by atoms with Gasteiger partial charge in [-0.1, -0.05) is 0 Å². The maximum absolute atomic E-state index is 13.9. The Labute approximate surface area is 135 Å². The van der Waals surface area contributed by atoms with E-state index in [4.69, 9.17) is 0 Å². The number of hydrogen-bond donors (Lipinski definition) is 0. The summed E-state index contributed by atoms with van der Waals surface area (Å²) in [6.07, 6.45) is -4.39. The molecule has 0 atom stereocenters. The van der Waals surface area contributed by atoms with Crippen LogP contribution < -0.4 is 0 Å². The molecule has 0 bridgehead atoms. The number of nitrogens with zero attached hydrogens (tertiary/aromatic N) is 2. The van der Waals surface area contributed by atoms with Gasteiger partial charge in [0.15, 0.2) is 11.5 Å². The first kappa shape index (κ1) is 17.4. The molecule has 0 aliphatic rings. The second-order valence-electron chi connectivity index (χ2n) is 4.25. The van der Waals surface area contributed by atoms with Gasteiger partial charge in [-0.05, 0) is 28.9 Å². The van der Waals surface area contributed by atoms with Crippen molar-refractivity contribution < 1.29 is 31.5 Å². The van der Waals surface area contributed by atoms with Gasteiger partial charge in [0, 0.05) is 10.5 Å². The maximum Gasteiger partial charge on any atom is 0.434 e. The Bertz CT molecular complexity index is 734. The minimum Gasteiger partial charge on any atom is -0.462 e. The van der Waals surface area contributed by atoms with Crippen molar-refractivity contribution in [3.05, 3.63) is 45.7 Å². The number of rotatable bonds is 3. The summed E-state index contributed by atoms with van der Waals surface area (Å²) in [5, 5.41) is 3.41. The van der Waals surface area contributed by atoms with E-state index in [2.05, 4.69) is 25.8 Å². The molecule has 0 aliphatic heterocycles. The summed E-state index contributed by atoms with van der Waals surface area (Å²) >= 11 is 2.79. The van der Waals surface area contributed by atoms with Crippen LogP contribution in [0.1, 0.15) is 23.0 Å². The molecule has 0 aliphatic carbocycles. The zero-order valence-electron chi connectivity index (χ0n) is 11.4. The highest BCUT2D eigenvalue weighted by Gasteiger charge is 2.41. The molecule has 0 N–H and O–H groups in total. The van der Waals surface area contributed by atoms with Crippen LogP contribution in [0.3, 0.4) is 0 Å². The standard InChI is InChI=1S/C13H8BrF5N2O2/c1-2-23-12(22)7-5-20-21(11(7)13(17,18)19)10-8(14)3-6(15)4-9(10)16/h3-5H,2H2,1H3. The number of esters is 1. The van der Waals surface area contributed by atoms with Crippen LogP contribution in [0, 0.1) is 11.6 Å². The zero-order chi connectivity index (χ0) is 17.4. The van der Waals surface area contributed by atoms with Gasteiger partial charge in [-0.25, -0.2) is 18.3 Å². The van der Waals surface area contributed by atoms with Gasteiger partial charge in [0.2, 0.25) is 0 Å². The second kappa shape index (κ2) is 6.26. The second-order valence-corrected chi connectivity index (χ2v) is 5.11. The lowest BCUT2D eigenvalue weighted by Crippen LogP contribution is -2.19.